The molecule has 0 aliphatic rings. The maximum absolute atomic E-state index is 12.0. The number of esters is 1. The van der Waals surface area contributed by atoms with Crippen LogP contribution in [0.1, 0.15) is 240 Å². The van der Waals surface area contributed by atoms with E-state index in [0.29, 0.717) is 18.9 Å². The van der Waals surface area contributed by atoms with Crippen LogP contribution in [0.15, 0.2) is 0 Å². The molecule has 0 aliphatic heterocycles. The molecule has 0 saturated carbocycles. The van der Waals surface area contributed by atoms with Crippen LogP contribution in [0, 0.1) is 5.41 Å². The van der Waals surface area contributed by atoms with Crippen LogP contribution in [-0.4, -0.2) is 60.3 Å². The third-order valence-corrected chi connectivity index (χ3v) is 10.6. The van der Waals surface area contributed by atoms with Crippen molar-refractivity contribution in [2.24, 2.45) is 0 Å². The van der Waals surface area contributed by atoms with E-state index in [1.54, 1.807) is 0 Å². The molecule has 51 heavy (non-hydrogen) atoms. The Morgan fingerprint density at radius 1 is 0.529 bits per heavy atom. The zero-order chi connectivity index (χ0) is 37.5. The van der Waals surface area contributed by atoms with Gasteiger partial charge in [-0.05, 0) is 77.8 Å². The molecule has 0 amide bonds. The number of carbonyl (C=O) groups excluding carboxylic acids is 1. The molecule has 0 rings (SSSR count). The molecule has 0 radical (unpaired) electrons. The van der Waals surface area contributed by atoms with E-state index < -0.39 is 0 Å². The number of aliphatic hydroxyl groups excluding tert-OH is 1. The lowest BCUT2D eigenvalue weighted by atomic mass is 9.91. The summed E-state index contributed by atoms with van der Waals surface area (Å²) in [4.78, 5) is 14.4. The van der Waals surface area contributed by atoms with Crippen LogP contribution in [0.25, 0.3) is 0 Å². The molecule has 0 unspecified atom stereocenters. The Morgan fingerprint density at radius 3 is 1.39 bits per heavy atom. The summed E-state index contributed by atoms with van der Waals surface area (Å²) in [6.45, 7) is 12.7. The van der Waals surface area contributed by atoms with Gasteiger partial charge in [-0.2, -0.15) is 0 Å². The molecular formula is C45H90N2O4. The highest BCUT2D eigenvalue weighted by molar-refractivity contribution is 5.73. The number of unbranched alkanes of at least 4 members (excludes halogenated alkanes) is 24. The second-order valence-electron chi connectivity index (χ2n) is 16.0. The van der Waals surface area contributed by atoms with Crippen molar-refractivity contribution in [3.63, 3.8) is 0 Å². The third kappa shape index (κ3) is 35.6. The molecule has 0 saturated heterocycles. The lowest BCUT2D eigenvalue weighted by molar-refractivity contribution is -0.143. The van der Waals surface area contributed by atoms with Crippen molar-refractivity contribution in [2.45, 2.75) is 245 Å². The summed E-state index contributed by atoms with van der Waals surface area (Å²) < 4.78 is 11.8. The fraction of sp³-hybridized carbons (Fsp3) is 0.956. The van der Waals surface area contributed by atoms with E-state index in [9.17, 15) is 9.90 Å². The Bertz CT molecular complexity index is 730. The van der Waals surface area contributed by atoms with Crippen molar-refractivity contribution < 1.29 is 19.4 Å². The van der Waals surface area contributed by atoms with Crippen molar-refractivity contribution in [2.75, 3.05) is 32.8 Å². The zero-order valence-electron chi connectivity index (χ0n) is 35.0. The van der Waals surface area contributed by atoms with Crippen LogP contribution in [0.3, 0.4) is 0 Å². The minimum atomic E-state index is -0.177. The zero-order valence-corrected chi connectivity index (χ0v) is 35.0. The van der Waals surface area contributed by atoms with Crippen molar-refractivity contribution in [3.8, 4) is 0 Å². The predicted octanol–water partition coefficient (Wildman–Crippen LogP) is 13.5. The van der Waals surface area contributed by atoms with E-state index in [4.69, 9.17) is 14.9 Å². The number of ether oxygens (including phenoxy) is 2. The first-order valence-corrected chi connectivity index (χ1v) is 22.7. The number of nitrogens with one attached hydrogen (secondary N) is 1. The highest BCUT2D eigenvalue weighted by atomic mass is 16.5. The highest BCUT2D eigenvalue weighted by Crippen LogP contribution is 2.28. The number of hydrogen-bond acceptors (Lipinski definition) is 6. The van der Waals surface area contributed by atoms with Crippen LogP contribution in [0.4, 0.5) is 0 Å². The summed E-state index contributed by atoms with van der Waals surface area (Å²) in [5.41, 5.74) is -0.177. The molecule has 0 aromatic heterocycles. The van der Waals surface area contributed by atoms with E-state index in [0.717, 1.165) is 83.8 Å². The second kappa shape index (κ2) is 38.6. The lowest BCUT2D eigenvalue weighted by Gasteiger charge is -2.31. The van der Waals surface area contributed by atoms with Crippen LogP contribution >= 0.6 is 0 Å². The van der Waals surface area contributed by atoms with Crippen molar-refractivity contribution in [3.05, 3.63) is 0 Å². The lowest BCUT2D eigenvalue weighted by Crippen LogP contribution is -2.31. The van der Waals surface area contributed by atoms with Gasteiger partial charge in [-0.25, -0.2) is 0 Å². The fourth-order valence-corrected chi connectivity index (χ4v) is 7.21. The topological polar surface area (TPSA) is 82.9 Å². The second-order valence-corrected chi connectivity index (χ2v) is 16.0. The van der Waals surface area contributed by atoms with Gasteiger partial charge in [0.1, 0.15) is 5.60 Å². The van der Waals surface area contributed by atoms with Gasteiger partial charge in [0.05, 0.1) is 13.2 Å². The monoisotopic (exact) mass is 723 g/mol. The van der Waals surface area contributed by atoms with Gasteiger partial charge in [0.15, 0.2) is 5.90 Å². The van der Waals surface area contributed by atoms with E-state index in [2.05, 4.69) is 32.6 Å². The van der Waals surface area contributed by atoms with Gasteiger partial charge in [0.25, 0.3) is 0 Å². The summed E-state index contributed by atoms with van der Waals surface area (Å²) in [7, 11) is 0. The molecule has 0 aromatic carbocycles. The molecule has 0 atom stereocenters. The van der Waals surface area contributed by atoms with Gasteiger partial charge in [-0.3, -0.25) is 10.2 Å². The average molecular weight is 723 g/mol. The molecule has 0 fully saturated rings. The Hall–Kier alpha value is -1.14. The Balaban J connectivity index is 4.04. The van der Waals surface area contributed by atoms with Crippen molar-refractivity contribution in [1.29, 1.82) is 5.41 Å². The van der Waals surface area contributed by atoms with Gasteiger partial charge < -0.3 is 19.5 Å². The molecule has 0 heterocycles. The Labute approximate surface area is 318 Å². The van der Waals surface area contributed by atoms with Crippen molar-refractivity contribution in [1.82, 2.24) is 4.90 Å². The third-order valence-electron chi connectivity index (χ3n) is 10.6. The maximum Gasteiger partial charge on any atom is 0.305 e. The molecule has 0 aromatic rings. The van der Waals surface area contributed by atoms with E-state index in [1.807, 2.05) is 0 Å². The first kappa shape index (κ1) is 49.9. The number of aliphatic hydroxyl groups is 1. The van der Waals surface area contributed by atoms with Gasteiger partial charge in [0, 0.05) is 19.4 Å². The van der Waals surface area contributed by atoms with Gasteiger partial charge in [-0.1, -0.05) is 162 Å². The van der Waals surface area contributed by atoms with Crippen LogP contribution < -0.4 is 0 Å². The quantitative estimate of drug-likeness (QED) is 0.0284. The van der Waals surface area contributed by atoms with E-state index in [1.165, 1.54) is 141 Å². The predicted molar refractivity (Wildman–Crippen MR) is 221 cm³/mol. The van der Waals surface area contributed by atoms with E-state index in [-0.39, 0.29) is 18.2 Å². The molecule has 0 aliphatic carbocycles. The summed E-state index contributed by atoms with van der Waals surface area (Å²) in [6, 6.07) is 0. The Kier molecular flexibility index (Phi) is 37.7. The van der Waals surface area contributed by atoms with Crippen LogP contribution in [0.5, 0.6) is 0 Å². The van der Waals surface area contributed by atoms with E-state index >= 15 is 0 Å². The largest absolute Gasteiger partial charge is 0.475 e. The van der Waals surface area contributed by atoms with Gasteiger partial charge in [-0.15, -0.1) is 0 Å². The first-order valence-electron chi connectivity index (χ1n) is 22.7. The minimum absolute atomic E-state index is 0.0257. The number of carbonyl (C=O) groups is 1. The summed E-state index contributed by atoms with van der Waals surface area (Å²) in [6.07, 6.45) is 39.1. The molecule has 0 bridgehead atoms. The standard InChI is InChI=1S/C45H90N2O4/c1-5-8-11-14-17-26-33-42-50-44(49)35-28-21-19-25-32-39-47(40-41-48)38-31-24-18-20-27-34-43(46)51-45(4,36-29-22-15-12-9-6-2)37-30-23-16-13-10-7-3/h46,48H,5-42H2,1-4H3. The summed E-state index contributed by atoms with van der Waals surface area (Å²) in [5.74, 6) is 0.476. The normalized spacial score (nSPS) is 11.8. The molecule has 0 spiro atoms. The minimum Gasteiger partial charge on any atom is -0.475 e. The number of hydrogen-bond donors (Lipinski definition) is 2. The molecule has 6 heteroatoms. The highest BCUT2D eigenvalue weighted by Gasteiger charge is 2.26. The van der Waals surface area contributed by atoms with Crippen molar-refractivity contribution >= 4 is 11.9 Å². The summed E-state index contributed by atoms with van der Waals surface area (Å²) in [5, 5.41) is 18.2. The number of nitrogens with zero attached hydrogens (tertiary/aromatic N) is 1. The maximum atomic E-state index is 12.0. The SMILES string of the molecule is CCCCCCCCCOC(=O)CCCCCCCN(CCO)CCCCCCCC(=N)OC(C)(CCCCCCCC)CCCCCCCC. The Morgan fingerprint density at radius 2 is 0.922 bits per heavy atom. The van der Waals surface area contributed by atoms with Crippen LogP contribution in [-0.2, 0) is 14.3 Å². The number of rotatable bonds is 41. The first-order chi connectivity index (χ1) is 24.9. The smallest absolute Gasteiger partial charge is 0.305 e. The molecular weight excluding hydrogens is 633 g/mol. The fourth-order valence-electron chi connectivity index (χ4n) is 7.21. The van der Waals surface area contributed by atoms with Crippen LogP contribution in [0.2, 0.25) is 0 Å². The average Bonchev–Trinajstić information content (AvgIpc) is 3.11. The van der Waals surface area contributed by atoms with Gasteiger partial charge >= 0.3 is 5.97 Å². The summed E-state index contributed by atoms with van der Waals surface area (Å²) >= 11 is 0. The van der Waals surface area contributed by atoms with Gasteiger partial charge in [0.2, 0.25) is 0 Å². The molecule has 2 N–H and O–H groups in total. The molecule has 304 valence electrons. The molecule has 6 nitrogen and oxygen atoms in total.